The number of para-hydroxylation sites is 1. The van der Waals surface area contributed by atoms with E-state index >= 15 is 0 Å². The SMILES string of the molecule is CN1CCN(C[C@@H]2CO[C@@]3(CCCN(C(=O)c4cccc5cccnc45)C3)C2)CC1. The number of hydrogen-bond donors (Lipinski definition) is 0. The van der Waals surface area contributed by atoms with Gasteiger partial charge in [0.2, 0.25) is 0 Å². The highest BCUT2D eigenvalue weighted by atomic mass is 16.5. The van der Waals surface area contributed by atoms with Gasteiger partial charge in [0.25, 0.3) is 5.91 Å². The summed E-state index contributed by atoms with van der Waals surface area (Å²) in [5, 5.41) is 1.01. The van der Waals surface area contributed by atoms with Crippen molar-refractivity contribution in [1.29, 1.82) is 0 Å². The Labute approximate surface area is 178 Å². The van der Waals surface area contributed by atoms with Crippen molar-refractivity contribution >= 4 is 16.8 Å². The maximum atomic E-state index is 13.4. The molecule has 1 amide bonds. The van der Waals surface area contributed by atoms with Gasteiger partial charge in [-0.3, -0.25) is 9.78 Å². The molecule has 0 radical (unpaired) electrons. The van der Waals surface area contributed by atoms with Gasteiger partial charge in [-0.2, -0.15) is 0 Å². The Hall–Kier alpha value is -2.02. The number of hydrogen-bond acceptors (Lipinski definition) is 5. The molecule has 30 heavy (non-hydrogen) atoms. The maximum absolute atomic E-state index is 13.4. The van der Waals surface area contributed by atoms with E-state index in [1.54, 1.807) is 6.20 Å². The van der Waals surface area contributed by atoms with Gasteiger partial charge >= 0.3 is 0 Å². The van der Waals surface area contributed by atoms with Crippen LogP contribution in [0.2, 0.25) is 0 Å². The summed E-state index contributed by atoms with van der Waals surface area (Å²) in [5.74, 6) is 0.659. The van der Waals surface area contributed by atoms with Crippen LogP contribution in [0.25, 0.3) is 10.9 Å². The Morgan fingerprint density at radius 3 is 2.87 bits per heavy atom. The van der Waals surface area contributed by atoms with Crippen LogP contribution >= 0.6 is 0 Å². The number of carbonyl (C=O) groups excluding carboxylic acids is 1. The Morgan fingerprint density at radius 1 is 1.17 bits per heavy atom. The van der Waals surface area contributed by atoms with Gasteiger partial charge in [0.05, 0.1) is 23.3 Å². The zero-order valence-electron chi connectivity index (χ0n) is 17.9. The topological polar surface area (TPSA) is 48.9 Å². The van der Waals surface area contributed by atoms with E-state index in [9.17, 15) is 4.79 Å². The van der Waals surface area contributed by atoms with E-state index in [1.807, 2.05) is 35.2 Å². The first-order chi connectivity index (χ1) is 14.6. The quantitative estimate of drug-likeness (QED) is 0.781. The Morgan fingerprint density at radius 2 is 2.00 bits per heavy atom. The highest BCUT2D eigenvalue weighted by Crippen LogP contribution is 2.38. The lowest BCUT2D eigenvalue weighted by Gasteiger charge is -2.40. The third-order valence-electron chi connectivity index (χ3n) is 7.09. The number of ether oxygens (including phenoxy) is 1. The van der Waals surface area contributed by atoms with Gasteiger partial charge in [0, 0.05) is 57.4 Å². The Kier molecular flexibility index (Phi) is 5.48. The largest absolute Gasteiger partial charge is 0.373 e. The van der Waals surface area contributed by atoms with Crippen LogP contribution in [0, 0.1) is 5.92 Å². The molecule has 4 heterocycles. The molecular formula is C24H32N4O2. The molecule has 3 fully saturated rings. The molecule has 1 aromatic carbocycles. The standard InChI is InChI=1S/C24H32N4O2/c1-26-11-13-27(14-12-26)16-19-15-24(30-17-19)8-4-10-28(18-24)23(29)21-7-2-5-20-6-3-9-25-22(20)21/h2-3,5-7,9,19H,4,8,10-18H2,1H3/t19-,24+/m1/s1. The van der Waals surface area contributed by atoms with E-state index in [-0.39, 0.29) is 11.5 Å². The van der Waals surface area contributed by atoms with Crippen LogP contribution in [0.5, 0.6) is 0 Å². The van der Waals surface area contributed by atoms with Crippen LogP contribution in [0.1, 0.15) is 29.6 Å². The first-order valence-corrected chi connectivity index (χ1v) is 11.3. The van der Waals surface area contributed by atoms with Crippen molar-refractivity contribution in [3.63, 3.8) is 0 Å². The average Bonchev–Trinajstić information content (AvgIpc) is 3.15. The summed E-state index contributed by atoms with van der Waals surface area (Å²) in [5.41, 5.74) is 1.34. The summed E-state index contributed by atoms with van der Waals surface area (Å²) in [6.45, 7) is 8.06. The number of aromatic nitrogens is 1. The van der Waals surface area contributed by atoms with E-state index in [0.29, 0.717) is 18.0 Å². The predicted molar refractivity (Wildman–Crippen MR) is 118 cm³/mol. The molecule has 0 bridgehead atoms. The minimum absolute atomic E-state index is 0.0875. The molecule has 0 unspecified atom stereocenters. The van der Waals surface area contributed by atoms with Crippen LogP contribution < -0.4 is 0 Å². The number of benzene rings is 1. The summed E-state index contributed by atoms with van der Waals surface area (Å²) in [4.78, 5) is 24.9. The lowest BCUT2D eigenvalue weighted by molar-refractivity contribution is -0.0450. The minimum atomic E-state index is -0.164. The van der Waals surface area contributed by atoms with E-state index in [1.165, 1.54) is 0 Å². The van der Waals surface area contributed by atoms with Gasteiger partial charge < -0.3 is 19.4 Å². The van der Waals surface area contributed by atoms with Gasteiger partial charge in [-0.05, 0) is 44.4 Å². The Balaban J connectivity index is 1.26. The summed E-state index contributed by atoms with van der Waals surface area (Å²) < 4.78 is 6.41. The molecule has 1 aromatic heterocycles. The molecule has 160 valence electrons. The van der Waals surface area contributed by atoms with E-state index in [0.717, 1.165) is 76.0 Å². The number of pyridine rings is 1. The molecule has 6 heteroatoms. The number of piperidine rings is 1. The van der Waals surface area contributed by atoms with E-state index < -0.39 is 0 Å². The minimum Gasteiger partial charge on any atom is -0.373 e. The van der Waals surface area contributed by atoms with Gasteiger partial charge in [-0.1, -0.05) is 18.2 Å². The van der Waals surface area contributed by atoms with Crippen LogP contribution in [-0.2, 0) is 4.74 Å². The van der Waals surface area contributed by atoms with Crippen molar-refractivity contribution < 1.29 is 9.53 Å². The van der Waals surface area contributed by atoms with Gasteiger partial charge in [0.15, 0.2) is 0 Å². The van der Waals surface area contributed by atoms with Crippen molar-refractivity contribution in [3.8, 4) is 0 Å². The molecule has 2 aromatic rings. The summed E-state index contributed by atoms with van der Waals surface area (Å²) >= 11 is 0. The molecule has 0 saturated carbocycles. The molecule has 0 aliphatic carbocycles. The third kappa shape index (κ3) is 3.96. The number of likely N-dealkylation sites (tertiary alicyclic amines) is 1. The second-order valence-electron chi connectivity index (χ2n) is 9.38. The highest BCUT2D eigenvalue weighted by molar-refractivity contribution is 6.05. The molecule has 3 aliphatic heterocycles. The van der Waals surface area contributed by atoms with Crippen molar-refractivity contribution in [2.45, 2.75) is 24.9 Å². The molecule has 6 nitrogen and oxygen atoms in total. The number of amides is 1. The third-order valence-corrected chi connectivity index (χ3v) is 7.09. The first-order valence-electron chi connectivity index (χ1n) is 11.3. The highest BCUT2D eigenvalue weighted by Gasteiger charge is 2.45. The first kappa shape index (κ1) is 19.9. The molecule has 3 aliphatic rings. The average molecular weight is 409 g/mol. The zero-order valence-corrected chi connectivity index (χ0v) is 17.9. The second kappa shape index (κ2) is 8.25. The fourth-order valence-electron chi connectivity index (χ4n) is 5.45. The molecule has 2 atom stereocenters. The van der Waals surface area contributed by atoms with Gasteiger partial charge in [-0.25, -0.2) is 0 Å². The fraction of sp³-hybridized carbons (Fsp3) is 0.583. The number of nitrogens with zero attached hydrogens (tertiary/aromatic N) is 4. The lowest BCUT2D eigenvalue weighted by Crippen LogP contribution is -2.50. The van der Waals surface area contributed by atoms with Gasteiger partial charge in [-0.15, -0.1) is 0 Å². The summed E-state index contributed by atoms with van der Waals surface area (Å²) in [7, 11) is 2.20. The monoisotopic (exact) mass is 408 g/mol. The molecule has 5 rings (SSSR count). The summed E-state index contributed by atoms with van der Waals surface area (Å²) in [6.07, 6.45) is 4.89. The van der Waals surface area contributed by atoms with Crippen LogP contribution in [0.15, 0.2) is 36.5 Å². The van der Waals surface area contributed by atoms with E-state index in [2.05, 4.69) is 21.8 Å². The second-order valence-corrected chi connectivity index (χ2v) is 9.38. The number of fused-ring (bicyclic) bond motifs is 1. The normalized spacial score (nSPS) is 28.4. The van der Waals surface area contributed by atoms with Crippen molar-refractivity contribution in [1.82, 2.24) is 19.7 Å². The van der Waals surface area contributed by atoms with Crippen LogP contribution in [-0.4, -0.2) is 90.7 Å². The van der Waals surface area contributed by atoms with Crippen molar-refractivity contribution in [3.05, 3.63) is 42.1 Å². The van der Waals surface area contributed by atoms with E-state index in [4.69, 9.17) is 4.74 Å². The smallest absolute Gasteiger partial charge is 0.256 e. The molecule has 3 saturated heterocycles. The zero-order chi connectivity index (χ0) is 20.6. The van der Waals surface area contributed by atoms with Crippen LogP contribution in [0.4, 0.5) is 0 Å². The Bertz CT molecular complexity index is 906. The van der Waals surface area contributed by atoms with Gasteiger partial charge in [0.1, 0.15) is 0 Å². The molecule has 1 spiro atoms. The predicted octanol–water partition coefficient (Wildman–Crippen LogP) is 2.49. The number of likely N-dealkylation sites (N-methyl/N-ethyl adjacent to an activating group) is 1. The van der Waals surface area contributed by atoms with Crippen LogP contribution in [0.3, 0.4) is 0 Å². The number of rotatable bonds is 3. The fourth-order valence-corrected chi connectivity index (χ4v) is 5.45. The number of piperazine rings is 1. The molecule has 0 N–H and O–H groups in total. The molecular weight excluding hydrogens is 376 g/mol. The van der Waals surface area contributed by atoms with Crippen molar-refractivity contribution in [2.24, 2.45) is 5.92 Å². The lowest BCUT2D eigenvalue weighted by atomic mass is 9.86. The number of carbonyl (C=O) groups is 1. The summed E-state index contributed by atoms with van der Waals surface area (Å²) in [6, 6.07) is 9.80. The maximum Gasteiger partial charge on any atom is 0.256 e. The van der Waals surface area contributed by atoms with Crippen molar-refractivity contribution in [2.75, 3.05) is 59.5 Å².